The lowest BCUT2D eigenvalue weighted by Crippen LogP contribution is -2.41. The molecule has 2 aliphatic heterocycles. The van der Waals surface area contributed by atoms with Gasteiger partial charge >= 0.3 is 0 Å². The van der Waals surface area contributed by atoms with Gasteiger partial charge in [0.1, 0.15) is 11.4 Å². The van der Waals surface area contributed by atoms with Gasteiger partial charge in [0.05, 0.1) is 36.7 Å². The molecule has 2 aliphatic rings. The molecule has 1 atom stereocenters. The third-order valence-corrected chi connectivity index (χ3v) is 6.98. The van der Waals surface area contributed by atoms with Crippen LogP contribution in [0, 0.1) is 10.8 Å². The Morgan fingerprint density at radius 1 is 1.30 bits per heavy atom. The molecular weight excluding hydrogens is 418 g/mol. The molecule has 2 fully saturated rings. The number of anilines is 3. The van der Waals surface area contributed by atoms with E-state index in [0.717, 1.165) is 55.5 Å². The van der Waals surface area contributed by atoms with Crippen LogP contribution in [-0.2, 0) is 18.4 Å². The van der Waals surface area contributed by atoms with Crippen LogP contribution in [0.15, 0.2) is 24.4 Å². The van der Waals surface area contributed by atoms with E-state index in [0.29, 0.717) is 34.8 Å². The maximum Gasteiger partial charge on any atom is 0.158 e. The summed E-state index contributed by atoms with van der Waals surface area (Å²) < 4.78 is 7.67. The van der Waals surface area contributed by atoms with Gasteiger partial charge in [-0.25, -0.2) is 9.97 Å². The van der Waals surface area contributed by atoms with Gasteiger partial charge in [0.2, 0.25) is 0 Å². The summed E-state index contributed by atoms with van der Waals surface area (Å²) in [5, 5.41) is 27.1. The van der Waals surface area contributed by atoms with Crippen LogP contribution in [0.25, 0.3) is 10.9 Å². The number of aromatic nitrogens is 4. The first kappa shape index (κ1) is 21.8. The molecule has 9 heteroatoms. The van der Waals surface area contributed by atoms with Crippen molar-refractivity contribution in [1.82, 2.24) is 19.7 Å². The molecule has 0 amide bonds. The molecular formula is C24H31N7O2. The van der Waals surface area contributed by atoms with E-state index in [-0.39, 0.29) is 12.0 Å². The van der Waals surface area contributed by atoms with Crippen LogP contribution < -0.4 is 10.2 Å². The molecule has 0 radical (unpaired) electrons. The first-order chi connectivity index (χ1) is 15.9. The summed E-state index contributed by atoms with van der Waals surface area (Å²) in [6.07, 6.45) is 5.33. The zero-order valence-electron chi connectivity index (χ0n) is 19.4. The number of fused-ring (bicyclic) bond motifs is 1. The van der Waals surface area contributed by atoms with Crippen LogP contribution in [0.2, 0.25) is 0 Å². The number of hydrogen-bond acceptors (Lipinski definition) is 8. The van der Waals surface area contributed by atoms with Gasteiger partial charge in [0.15, 0.2) is 11.6 Å². The number of benzene rings is 1. The molecule has 33 heavy (non-hydrogen) atoms. The van der Waals surface area contributed by atoms with E-state index in [9.17, 15) is 5.11 Å². The van der Waals surface area contributed by atoms with Crippen molar-refractivity contribution in [3.05, 3.63) is 35.8 Å². The standard InChI is InChI=1S/C24H31N7O2/c1-15-11-24(14-33-15)6-8-31(9-7-24)23-19(13-32)28-22(21(29-23)16(2)25)27-18-5-4-17-12-26-30(3)20(17)10-18/h4-5,10,12,15,25,32H,6-9,11,13-14H2,1-3H3,(H,27,28)/t15-/m0/s1. The van der Waals surface area contributed by atoms with E-state index >= 15 is 0 Å². The number of rotatable bonds is 5. The minimum atomic E-state index is -0.211. The molecule has 2 aromatic heterocycles. The van der Waals surface area contributed by atoms with Crippen LogP contribution >= 0.6 is 0 Å². The maximum absolute atomic E-state index is 10.1. The van der Waals surface area contributed by atoms with Gasteiger partial charge in [-0.1, -0.05) is 0 Å². The van der Waals surface area contributed by atoms with E-state index in [2.05, 4.69) is 22.2 Å². The number of aryl methyl sites for hydroxylation is 1. The number of aliphatic hydroxyl groups excluding tert-OH is 1. The Bertz CT molecular complexity index is 1200. The highest BCUT2D eigenvalue weighted by atomic mass is 16.5. The van der Waals surface area contributed by atoms with Gasteiger partial charge < -0.3 is 25.5 Å². The molecule has 1 aromatic carbocycles. The monoisotopic (exact) mass is 449 g/mol. The van der Waals surface area contributed by atoms with Crippen molar-refractivity contribution in [3.8, 4) is 0 Å². The van der Waals surface area contributed by atoms with Crippen molar-refractivity contribution in [2.24, 2.45) is 12.5 Å². The van der Waals surface area contributed by atoms with E-state index in [1.807, 2.05) is 36.1 Å². The fraction of sp³-hybridized carbons (Fsp3) is 0.500. The molecule has 0 aliphatic carbocycles. The Kier molecular flexibility index (Phi) is 5.54. The smallest absolute Gasteiger partial charge is 0.158 e. The van der Waals surface area contributed by atoms with E-state index in [1.165, 1.54) is 0 Å². The van der Waals surface area contributed by atoms with Crippen molar-refractivity contribution in [2.45, 2.75) is 45.8 Å². The Labute approximate surface area is 193 Å². The van der Waals surface area contributed by atoms with Crippen LogP contribution in [-0.4, -0.2) is 56.4 Å². The lowest BCUT2D eigenvalue weighted by molar-refractivity contribution is 0.0975. The molecule has 5 rings (SSSR count). The summed E-state index contributed by atoms with van der Waals surface area (Å²) in [5.41, 5.74) is 3.42. The minimum absolute atomic E-state index is 0.211. The molecule has 3 aromatic rings. The summed E-state index contributed by atoms with van der Waals surface area (Å²) in [6.45, 7) is 6.17. The first-order valence-electron chi connectivity index (χ1n) is 11.5. The number of piperidine rings is 1. The van der Waals surface area contributed by atoms with Crippen LogP contribution in [0.1, 0.15) is 44.5 Å². The molecule has 174 valence electrons. The SMILES string of the molecule is CC(=N)c1nc(N2CCC3(CC2)CO[C@@H](C)C3)c(CO)nc1Nc1ccc2cnn(C)c2c1. The summed E-state index contributed by atoms with van der Waals surface area (Å²) in [4.78, 5) is 11.8. The zero-order chi connectivity index (χ0) is 23.2. The maximum atomic E-state index is 10.1. The normalized spacial score (nSPS) is 20.0. The van der Waals surface area contributed by atoms with Crippen molar-refractivity contribution in [3.63, 3.8) is 0 Å². The Morgan fingerprint density at radius 3 is 2.76 bits per heavy atom. The van der Waals surface area contributed by atoms with E-state index in [1.54, 1.807) is 6.92 Å². The molecule has 3 N–H and O–H groups in total. The van der Waals surface area contributed by atoms with E-state index in [4.69, 9.17) is 20.1 Å². The molecule has 0 bridgehead atoms. The molecule has 9 nitrogen and oxygen atoms in total. The Morgan fingerprint density at radius 2 is 2.09 bits per heavy atom. The van der Waals surface area contributed by atoms with E-state index < -0.39 is 0 Å². The quantitative estimate of drug-likeness (QED) is 0.512. The number of nitrogens with zero attached hydrogens (tertiary/aromatic N) is 5. The summed E-state index contributed by atoms with van der Waals surface area (Å²) >= 11 is 0. The zero-order valence-corrected chi connectivity index (χ0v) is 19.4. The second-order valence-corrected chi connectivity index (χ2v) is 9.45. The average molecular weight is 450 g/mol. The Hall–Kier alpha value is -3.04. The minimum Gasteiger partial charge on any atom is -0.390 e. The topological polar surface area (TPSA) is 112 Å². The van der Waals surface area contributed by atoms with Gasteiger partial charge in [-0.15, -0.1) is 0 Å². The highest BCUT2D eigenvalue weighted by Crippen LogP contribution is 2.42. The first-order valence-corrected chi connectivity index (χ1v) is 11.5. The van der Waals surface area contributed by atoms with Gasteiger partial charge in [-0.05, 0) is 56.7 Å². The van der Waals surface area contributed by atoms with Crippen molar-refractivity contribution in [2.75, 3.05) is 29.9 Å². The summed E-state index contributed by atoms with van der Waals surface area (Å²) in [5.74, 6) is 1.15. The third kappa shape index (κ3) is 4.06. The molecule has 0 saturated carbocycles. The van der Waals surface area contributed by atoms with Gasteiger partial charge in [0, 0.05) is 31.2 Å². The number of hydrogen-bond donors (Lipinski definition) is 3. The highest BCUT2D eigenvalue weighted by Gasteiger charge is 2.41. The average Bonchev–Trinajstić information content (AvgIpc) is 3.36. The van der Waals surface area contributed by atoms with Crippen LogP contribution in [0.3, 0.4) is 0 Å². The third-order valence-electron chi connectivity index (χ3n) is 6.98. The summed E-state index contributed by atoms with van der Waals surface area (Å²) in [7, 11) is 1.90. The fourth-order valence-electron chi connectivity index (χ4n) is 5.12. The predicted octanol–water partition coefficient (Wildman–Crippen LogP) is 3.38. The van der Waals surface area contributed by atoms with Gasteiger partial charge in [-0.2, -0.15) is 5.10 Å². The summed E-state index contributed by atoms with van der Waals surface area (Å²) in [6, 6.07) is 5.94. The van der Waals surface area contributed by atoms with Gasteiger partial charge in [-0.3, -0.25) is 4.68 Å². The predicted molar refractivity (Wildman–Crippen MR) is 128 cm³/mol. The molecule has 2 saturated heterocycles. The fourth-order valence-corrected chi connectivity index (χ4v) is 5.12. The second-order valence-electron chi connectivity index (χ2n) is 9.45. The largest absolute Gasteiger partial charge is 0.390 e. The van der Waals surface area contributed by atoms with Gasteiger partial charge in [0.25, 0.3) is 0 Å². The molecule has 4 heterocycles. The molecule has 1 spiro atoms. The lowest BCUT2D eigenvalue weighted by Gasteiger charge is -2.39. The number of nitrogens with one attached hydrogen (secondary N) is 2. The second kappa shape index (κ2) is 8.39. The van der Waals surface area contributed by atoms with Crippen LogP contribution in [0.5, 0.6) is 0 Å². The molecule has 0 unspecified atom stereocenters. The highest BCUT2D eigenvalue weighted by molar-refractivity contribution is 6.00. The van der Waals surface area contributed by atoms with Crippen molar-refractivity contribution >= 4 is 33.9 Å². The number of ether oxygens (including phenoxy) is 1. The lowest BCUT2D eigenvalue weighted by atomic mass is 9.77. The van der Waals surface area contributed by atoms with Crippen molar-refractivity contribution < 1.29 is 9.84 Å². The van der Waals surface area contributed by atoms with Crippen LogP contribution in [0.4, 0.5) is 17.3 Å². The Balaban J connectivity index is 1.44. The number of aliphatic hydroxyl groups is 1. The van der Waals surface area contributed by atoms with Crippen molar-refractivity contribution in [1.29, 1.82) is 5.41 Å².